The molecule has 3 fully saturated rings. The molecular weight excluding hydrogens is 418 g/mol. The number of aromatic nitrogens is 2. The van der Waals surface area contributed by atoms with Gasteiger partial charge in [0.25, 0.3) is 5.91 Å². The predicted octanol–water partition coefficient (Wildman–Crippen LogP) is 2.59. The van der Waals surface area contributed by atoms with Gasteiger partial charge in [0, 0.05) is 37.6 Å². The Bertz CT molecular complexity index is 923. The number of aromatic amines is 1. The van der Waals surface area contributed by atoms with Crippen molar-refractivity contribution in [1.29, 1.82) is 0 Å². The summed E-state index contributed by atoms with van der Waals surface area (Å²) in [5.74, 6) is 0.962. The first-order chi connectivity index (χ1) is 15.8. The summed E-state index contributed by atoms with van der Waals surface area (Å²) in [6.45, 7) is 11.6. The molecule has 2 heterocycles. The van der Waals surface area contributed by atoms with E-state index in [-0.39, 0.29) is 47.7 Å². The molecule has 6 atom stereocenters. The lowest BCUT2D eigenvalue weighted by atomic mass is 9.49. The van der Waals surface area contributed by atoms with Crippen LogP contribution in [0.15, 0.2) is 12.2 Å². The number of aliphatic hydroxyl groups is 2. The summed E-state index contributed by atoms with van der Waals surface area (Å²) in [6, 6.07) is 0. The van der Waals surface area contributed by atoms with E-state index in [1.165, 1.54) is 5.57 Å². The van der Waals surface area contributed by atoms with Gasteiger partial charge >= 0.3 is 0 Å². The Hall–Kier alpha value is -1.70. The van der Waals surface area contributed by atoms with Gasteiger partial charge in [0.1, 0.15) is 0 Å². The molecular formula is C26H39N3O4. The summed E-state index contributed by atoms with van der Waals surface area (Å²) < 4.78 is 5.42. The number of hydrogen-bond acceptors (Lipinski definition) is 5. The van der Waals surface area contributed by atoms with Crippen LogP contribution in [0.2, 0.25) is 0 Å². The Morgan fingerprint density at radius 1 is 1.21 bits per heavy atom. The third-order valence-corrected chi connectivity index (χ3v) is 10.1. The smallest absolute Gasteiger partial charge is 0.274 e. The van der Waals surface area contributed by atoms with Crippen LogP contribution in [0.4, 0.5) is 0 Å². The average Bonchev–Trinajstić information content (AvgIpc) is 3.37. The maximum atomic E-state index is 13.3. The van der Waals surface area contributed by atoms with Crippen LogP contribution in [0.1, 0.15) is 61.3 Å². The van der Waals surface area contributed by atoms with Crippen molar-refractivity contribution in [3.63, 3.8) is 0 Å². The molecule has 0 spiro atoms. The molecule has 182 valence electrons. The SMILES string of the molecule is C=C1CC[C@H]2[C@H](CO)[C@@H]([C@@]3(C)Cc4c(C(=O)N5CCOCC5)n[nH]c4C[C@@H]3CO)CC[C@]12C. The van der Waals surface area contributed by atoms with Gasteiger partial charge in [-0.1, -0.05) is 26.0 Å². The van der Waals surface area contributed by atoms with Crippen LogP contribution in [0.5, 0.6) is 0 Å². The zero-order valence-corrected chi connectivity index (χ0v) is 20.1. The van der Waals surface area contributed by atoms with Gasteiger partial charge in [-0.15, -0.1) is 0 Å². The first kappa shape index (κ1) is 23.1. The Labute approximate surface area is 196 Å². The Balaban J connectivity index is 1.47. The number of rotatable bonds is 4. The van der Waals surface area contributed by atoms with Gasteiger partial charge in [-0.3, -0.25) is 9.89 Å². The molecule has 7 nitrogen and oxygen atoms in total. The second kappa shape index (κ2) is 8.51. The number of carbonyl (C=O) groups is 1. The fraction of sp³-hybridized carbons (Fsp3) is 0.769. The van der Waals surface area contributed by atoms with Crippen LogP contribution in [0.3, 0.4) is 0 Å². The van der Waals surface area contributed by atoms with Gasteiger partial charge in [-0.05, 0) is 73.0 Å². The van der Waals surface area contributed by atoms with Gasteiger partial charge < -0.3 is 19.8 Å². The highest BCUT2D eigenvalue weighted by Crippen LogP contribution is 2.62. The van der Waals surface area contributed by atoms with E-state index in [2.05, 4.69) is 30.6 Å². The molecule has 33 heavy (non-hydrogen) atoms. The molecule has 0 bridgehead atoms. The minimum absolute atomic E-state index is 0.0254. The van der Waals surface area contributed by atoms with Crippen molar-refractivity contribution in [2.45, 2.75) is 52.4 Å². The largest absolute Gasteiger partial charge is 0.396 e. The van der Waals surface area contributed by atoms with Crippen molar-refractivity contribution in [1.82, 2.24) is 15.1 Å². The number of ether oxygens (including phenoxy) is 1. The Morgan fingerprint density at radius 3 is 2.67 bits per heavy atom. The van der Waals surface area contributed by atoms with Crippen molar-refractivity contribution >= 4 is 5.91 Å². The number of allylic oxidation sites excluding steroid dienone is 1. The van der Waals surface area contributed by atoms with E-state index >= 15 is 0 Å². The zero-order chi connectivity index (χ0) is 23.4. The van der Waals surface area contributed by atoms with Crippen LogP contribution >= 0.6 is 0 Å². The summed E-state index contributed by atoms with van der Waals surface area (Å²) in [5, 5.41) is 28.6. The van der Waals surface area contributed by atoms with Crippen molar-refractivity contribution in [3.05, 3.63) is 29.1 Å². The lowest BCUT2D eigenvalue weighted by Gasteiger charge is -2.55. The molecule has 1 amide bonds. The monoisotopic (exact) mass is 457 g/mol. The van der Waals surface area contributed by atoms with E-state index in [0.717, 1.165) is 36.9 Å². The fourth-order valence-electron chi connectivity index (χ4n) is 7.83. The average molecular weight is 458 g/mol. The van der Waals surface area contributed by atoms with E-state index in [1.807, 2.05) is 4.90 Å². The van der Waals surface area contributed by atoms with Gasteiger partial charge in [-0.25, -0.2) is 0 Å². The second-order valence-electron chi connectivity index (χ2n) is 11.4. The Morgan fingerprint density at radius 2 is 1.97 bits per heavy atom. The van der Waals surface area contributed by atoms with Crippen molar-refractivity contribution in [3.8, 4) is 0 Å². The van der Waals surface area contributed by atoms with Gasteiger partial charge in [0.05, 0.1) is 13.2 Å². The molecule has 7 heteroatoms. The number of nitrogens with one attached hydrogen (secondary N) is 1. The number of carbonyl (C=O) groups excluding carboxylic acids is 1. The summed E-state index contributed by atoms with van der Waals surface area (Å²) in [5.41, 5.74) is 3.78. The van der Waals surface area contributed by atoms with Crippen LogP contribution in [0.25, 0.3) is 0 Å². The number of H-pyrrole nitrogens is 1. The first-order valence-electron chi connectivity index (χ1n) is 12.7. The lowest BCUT2D eigenvalue weighted by Crippen LogP contribution is -2.52. The topological polar surface area (TPSA) is 98.7 Å². The third-order valence-electron chi connectivity index (χ3n) is 10.1. The molecule has 4 aliphatic rings. The number of aliphatic hydroxyl groups excluding tert-OH is 2. The lowest BCUT2D eigenvalue weighted by molar-refractivity contribution is -0.0738. The normalized spacial score (nSPS) is 38.8. The molecule has 1 aliphatic heterocycles. The molecule has 1 saturated heterocycles. The molecule has 3 aliphatic carbocycles. The summed E-state index contributed by atoms with van der Waals surface area (Å²) in [7, 11) is 0. The highest BCUT2D eigenvalue weighted by Gasteiger charge is 2.57. The van der Waals surface area contributed by atoms with Gasteiger partial charge in [-0.2, -0.15) is 5.10 Å². The third kappa shape index (κ3) is 3.50. The molecule has 2 saturated carbocycles. The predicted molar refractivity (Wildman–Crippen MR) is 125 cm³/mol. The van der Waals surface area contributed by atoms with Gasteiger partial charge in [0.15, 0.2) is 5.69 Å². The van der Waals surface area contributed by atoms with Crippen LogP contribution in [0, 0.1) is 34.5 Å². The number of amides is 1. The number of nitrogens with zero attached hydrogens (tertiary/aromatic N) is 2. The first-order valence-corrected chi connectivity index (χ1v) is 12.7. The van der Waals surface area contributed by atoms with Crippen molar-refractivity contribution in [2.24, 2.45) is 34.5 Å². The van der Waals surface area contributed by atoms with E-state index in [9.17, 15) is 15.0 Å². The fourth-order valence-corrected chi connectivity index (χ4v) is 7.83. The maximum Gasteiger partial charge on any atom is 0.274 e. The maximum absolute atomic E-state index is 13.3. The van der Waals surface area contributed by atoms with Crippen LogP contribution < -0.4 is 0 Å². The molecule has 3 N–H and O–H groups in total. The minimum atomic E-state index is -0.204. The summed E-state index contributed by atoms with van der Waals surface area (Å²) in [6.07, 6.45) is 5.65. The quantitative estimate of drug-likeness (QED) is 0.604. The highest BCUT2D eigenvalue weighted by molar-refractivity contribution is 5.94. The molecule has 1 aromatic rings. The number of fused-ring (bicyclic) bond motifs is 2. The van der Waals surface area contributed by atoms with Gasteiger partial charge in [0.2, 0.25) is 0 Å². The van der Waals surface area contributed by atoms with E-state index in [0.29, 0.717) is 50.8 Å². The summed E-state index contributed by atoms with van der Waals surface area (Å²) in [4.78, 5) is 15.1. The summed E-state index contributed by atoms with van der Waals surface area (Å²) >= 11 is 0. The van der Waals surface area contributed by atoms with Crippen LogP contribution in [-0.4, -0.2) is 70.7 Å². The Kier molecular flexibility index (Phi) is 5.94. The number of morpholine rings is 1. The van der Waals surface area contributed by atoms with Crippen molar-refractivity contribution in [2.75, 3.05) is 39.5 Å². The second-order valence-corrected chi connectivity index (χ2v) is 11.4. The standard InChI is InChI=1S/C26H39N3O4/c1-16-4-5-20-19(15-31)21(6-7-25(16,20)2)26(3)13-18-22(12-17(26)14-30)27-28-23(18)24(32)29-8-10-33-11-9-29/h17,19-21,30-31H,1,4-15H2,2-3H3,(H,27,28)/t17-,19+,20+,21+,25-,26+/m1/s1. The van der Waals surface area contributed by atoms with E-state index in [1.54, 1.807) is 0 Å². The van der Waals surface area contributed by atoms with Crippen LogP contribution in [-0.2, 0) is 17.6 Å². The number of hydrogen-bond donors (Lipinski definition) is 3. The van der Waals surface area contributed by atoms with Crippen molar-refractivity contribution < 1.29 is 19.7 Å². The molecule has 0 aromatic carbocycles. The molecule has 1 aromatic heterocycles. The molecule has 0 radical (unpaired) electrons. The van der Waals surface area contributed by atoms with E-state index in [4.69, 9.17) is 4.74 Å². The highest BCUT2D eigenvalue weighted by atomic mass is 16.5. The molecule has 5 rings (SSSR count). The minimum Gasteiger partial charge on any atom is -0.396 e. The van der Waals surface area contributed by atoms with E-state index < -0.39 is 0 Å². The molecule has 0 unspecified atom stereocenters. The zero-order valence-electron chi connectivity index (χ0n) is 20.1.